The van der Waals surface area contributed by atoms with E-state index in [-0.39, 0.29) is 5.89 Å². The van der Waals surface area contributed by atoms with Gasteiger partial charge in [-0.25, -0.2) is 4.79 Å². The Hall–Kier alpha value is -2.74. The molecular weight excluding hydrogens is 390 g/mol. The number of methoxy groups -OCH3 is 1. The first-order valence-electron chi connectivity index (χ1n) is 7.36. The van der Waals surface area contributed by atoms with E-state index < -0.39 is 12.1 Å². The lowest BCUT2D eigenvalue weighted by Gasteiger charge is -2.09. The second kappa shape index (κ2) is 7.43. The lowest BCUT2D eigenvalue weighted by atomic mass is 10.2. The van der Waals surface area contributed by atoms with Gasteiger partial charge in [-0.3, -0.25) is 4.98 Å². The molecule has 0 fully saturated rings. The quantitative estimate of drug-likeness (QED) is 0.598. The number of aromatic nitrogens is 3. The molecule has 3 aromatic rings. The van der Waals surface area contributed by atoms with Crippen molar-refractivity contribution in [2.45, 2.75) is 13.0 Å². The Morgan fingerprint density at radius 1 is 1.20 bits per heavy atom. The molecule has 0 spiro atoms. The molecule has 128 valence electrons. The van der Waals surface area contributed by atoms with E-state index in [9.17, 15) is 4.79 Å². The van der Waals surface area contributed by atoms with Crippen LogP contribution in [0.15, 0.2) is 51.6 Å². The van der Waals surface area contributed by atoms with Crippen molar-refractivity contribution >= 4 is 21.9 Å². The Labute approximate surface area is 152 Å². The molecule has 1 aromatic carbocycles. The minimum Gasteiger partial charge on any atom is -0.497 e. The highest BCUT2D eigenvalue weighted by Gasteiger charge is 2.20. The minimum absolute atomic E-state index is 0.210. The molecule has 7 nitrogen and oxygen atoms in total. The second-order valence-corrected chi connectivity index (χ2v) is 6.03. The summed E-state index contributed by atoms with van der Waals surface area (Å²) in [6.45, 7) is 1.66. The van der Waals surface area contributed by atoms with E-state index in [1.807, 2.05) is 0 Å². The number of benzene rings is 1. The number of halogens is 1. The van der Waals surface area contributed by atoms with E-state index in [0.29, 0.717) is 15.9 Å². The van der Waals surface area contributed by atoms with Crippen LogP contribution in [0.3, 0.4) is 0 Å². The van der Waals surface area contributed by atoms with Gasteiger partial charge in [0.2, 0.25) is 5.89 Å². The topological polar surface area (TPSA) is 87.3 Å². The van der Waals surface area contributed by atoms with Crippen LogP contribution >= 0.6 is 15.9 Å². The first-order chi connectivity index (χ1) is 12.1. The van der Waals surface area contributed by atoms with E-state index in [2.05, 4.69) is 31.1 Å². The predicted octanol–water partition coefficient (Wildman–Crippen LogP) is 3.82. The zero-order chi connectivity index (χ0) is 17.8. The molecule has 8 heteroatoms. The molecule has 0 amide bonds. The fourth-order valence-corrected chi connectivity index (χ4v) is 2.42. The van der Waals surface area contributed by atoms with Crippen LogP contribution in [0, 0.1) is 0 Å². The van der Waals surface area contributed by atoms with Crippen molar-refractivity contribution in [2.24, 2.45) is 0 Å². The van der Waals surface area contributed by atoms with Gasteiger partial charge >= 0.3 is 5.97 Å². The van der Waals surface area contributed by atoms with Crippen molar-refractivity contribution in [3.05, 3.63) is 58.7 Å². The summed E-state index contributed by atoms with van der Waals surface area (Å²) in [5.41, 5.74) is 1.07. The molecule has 0 bridgehead atoms. The van der Waals surface area contributed by atoms with Crippen LogP contribution in [0.4, 0.5) is 0 Å². The summed E-state index contributed by atoms with van der Waals surface area (Å²) in [5.74, 6) is 0.755. The lowest BCUT2D eigenvalue weighted by Crippen LogP contribution is -2.10. The summed E-state index contributed by atoms with van der Waals surface area (Å²) in [7, 11) is 1.59. The Balaban J connectivity index is 1.71. The normalized spacial score (nSPS) is 11.8. The van der Waals surface area contributed by atoms with Gasteiger partial charge in [0, 0.05) is 22.4 Å². The number of hydrogen-bond donors (Lipinski definition) is 0. The summed E-state index contributed by atoms with van der Waals surface area (Å²) in [4.78, 5) is 16.1. The van der Waals surface area contributed by atoms with Crippen LogP contribution in [0.25, 0.3) is 11.5 Å². The Morgan fingerprint density at radius 3 is 2.64 bits per heavy atom. The van der Waals surface area contributed by atoms with Crippen LogP contribution in [-0.4, -0.2) is 28.3 Å². The van der Waals surface area contributed by atoms with Gasteiger partial charge in [-0.05, 0) is 53.2 Å². The number of carbonyl (C=O) groups is 1. The van der Waals surface area contributed by atoms with Crippen molar-refractivity contribution in [3.8, 4) is 17.2 Å². The van der Waals surface area contributed by atoms with Crippen molar-refractivity contribution in [1.82, 2.24) is 15.2 Å². The number of ether oxygens (including phenoxy) is 2. The number of pyridine rings is 1. The van der Waals surface area contributed by atoms with E-state index in [0.717, 1.165) is 11.3 Å². The molecule has 25 heavy (non-hydrogen) atoms. The SMILES string of the molecule is COc1ccc(-c2nnc([C@@H](C)OC(=O)c3cncc(Br)c3)o2)cc1. The number of nitrogens with zero attached hydrogens (tertiary/aromatic N) is 3. The van der Waals surface area contributed by atoms with Gasteiger partial charge in [-0.2, -0.15) is 0 Å². The van der Waals surface area contributed by atoms with Crippen LogP contribution in [-0.2, 0) is 4.74 Å². The fraction of sp³-hybridized carbons (Fsp3) is 0.176. The van der Waals surface area contributed by atoms with E-state index in [4.69, 9.17) is 13.9 Å². The molecule has 2 aromatic heterocycles. The van der Waals surface area contributed by atoms with E-state index in [1.165, 1.54) is 6.20 Å². The molecule has 0 N–H and O–H groups in total. The van der Waals surface area contributed by atoms with Gasteiger partial charge < -0.3 is 13.9 Å². The third kappa shape index (κ3) is 4.03. The third-order valence-electron chi connectivity index (χ3n) is 3.35. The highest BCUT2D eigenvalue weighted by molar-refractivity contribution is 9.10. The Kier molecular flexibility index (Phi) is 5.08. The van der Waals surface area contributed by atoms with Gasteiger partial charge in [0.15, 0.2) is 6.10 Å². The standard InChI is InChI=1S/C17H14BrN3O4/c1-10(24-17(22)12-7-13(18)9-19-8-12)15-20-21-16(25-15)11-3-5-14(23-2)6-4-11/h3-10H,1-2H3/t10-/m1/s1. The second-order valence-electron chi connectivity index (χ2n) is 5.11. The highest BCUT2D eigenvalue weighted by atomic mass is 79.9. The maximum Gasteiger partial charge on any atom is 0.340 e. The first kappa shape index (κ1) is 17.1. The molecule has 0 unspecified atom stereocenters. The van der Waals surface area contributed by atoms with Crippen molar-refractivity contribution < 1.29 is 18.7 Å². The predicted molar refractivity (Wildman–Crippen MR) is 92.1 cm³/mol. The van der Waals surface area contributed by atoms with Crippen LogP contribution in [0.2, 0.25) is 0 Å². The molecule has 0 radical (unpaired) electrons. The van der Waals surface area contributed by atoms with Gasteiger partial charge in [-0.15, -0.1) is 10.2 Å². The first-order valence-corrected chi connectivity index (χ1v) is 8.15. The van der Waals surface area contributed by atoms with Gasteiger partial charge in [0.25, 0.3) is 5.89 Å². The van der Waals surface area contributed by atoms with Crippen LogP contribution in [0.1, 0.15) is 29.3 Å². The van der Waals surface area contributed by atoms with Gasteiger partial charge in [-0.1, -0.05) is 0 Å². The summed E-state index contributed by atoms with van der Waals surface area (Å²) in [6, 6.07) is 8.82. The van der Waals surface area contributed by atoms with E-state index >= 15 is 0 Å². The van der Waals surface area contributed by atoms with Crippen molar-refractivity contribution in [2.75, 3.05) is 7.11 Å². The maximum atomic E-state index is 12.1. The van der Waals surface area contributed by atoms with Crippen LogP contribution in [0.5, 0.6) is 5.75 Å². The molecule has 0 saturated carbocycles. The molecule has 1 atom stereocenters. The zero-order valence-corrected chi connectivity index (χ0v) is 15.1. The molecule has 2 heterocycles. The summed E-state index contributed by atoms with van der Waals surface area (Å²) in [5, 5.41) is 7.94. The van der Waals surface area contributed by atoms with Crippen molar-refractivity contribution in [3.63, 3.8) is 0 Å². The largest absolute Gasteiger partial charge is 0.497 e. The smallest absolute Gasteiger partial charge is 0.340 e. The van der Waals surface area contributed by atoms with Crippen molar-refractivity contribution in [1.29, 1.82) is 0 Å². The fourth-order valence-electron chi connectivity index (χ4n) is 2.05. The minimum atomic E-state index is -0.689. The molecule has 0 aliphatic carbocycles. The molecule has 0 saturated heterocycles. The number of hydrogen-bond acceptors (Lipinski definition) is 7. The molecule has 0 aliphatic rings. The van der Waals surface area contributed by atoms with Gasteiger partial charge in [0.1, 0.15) is 5.75 Å². The maximum absolute atomic E-state index is 12.1. The average Bonchev–Trinajstić information content (AvgIpc) is 3.12. The highest BCUT2D eigenvalue weighted by Crippen LogP contribution is 2.25. The summed E-state index contributed by atoms with van der Waals surface area (Å²) in [6.07, 6.45) is 2.32. The Morgan fingerprint density at radius 2 is 1.96 bits per heavy atom. The average molecular weight is 404 g/mol. The molecule has 0 aliphatic heterocycles. The summed E-state index contributed by atoms with van der Waals surface area (Å²) < 4.78 is 16.7. The zero-order valence-electron chi connectivity index (χ0n) is 13.5. The summed E-state index contributed by atoms with van der Waals surface area (Å²) >= 11 is 3.26. The lowest BCUT2D eigenvalue weighted by molar-refractivity contribution is 0.0279. The van der Waals surface area contributed by atoms with Crippen LogP contribution < -0.4 is 4.74 Å². The van der Waals surface area contributed by atoms with E-state index in [1.54, 1.807) is 50.6 Å². The molecular formula is C17H14BrN3O4. The molecule has 3 rings (SSSR count). The third-order valence-corrected chi connectivity index (χ3v) is 3.78. The monoisotopic (exact) mass is 403 g/mol. The Bertz CT molecular complexity index is 880. The number of carbonyl (C=O) groups excluding carboxylic acids is 1. The number of esters is 1. The van der Waals surface area contributed by atoms with Gasteiger partial charge in [0.05, 0.1) is 12.7 Å². The number of rotatable bonds is 5.